The summed E-state index contributed by atoms with van der Waals surface area (Å²) < 4.78 is 0. The largest absolute Gasteiger partial charge is 0.394 e. The van der Waals surface area contributed by atoms with Crippen LogP contribution in [-0.2, 0) is 9.59 Å². The predicted molar refractivity (Wildman–Crippen MR) is 185 cm³/mol. The number of aliphatic hydroxyl groups excluding tert-OH is 4. The summed E-state index contributed by atoms with van der Waals surface area (Å²) in [6.07, 6.45) is 29.9. The van der Waals surface area contributed by atoms with Gasteiger partial charge in [-0.25, -0.2) is 0 Å². The van der Waals surface area contributed by atoms with Gasteiger partial charge in [-0.1, -0.05) is 141 Å². The van der Waals surface area contributed by atoms with E-state index < -0.39 is 31.0 Å². The van der Waals surface area contributed by atoms with Crippen molar-refractivity contribution in [2.45, 2.75) is 173 Å². The number of allylic oxidation sites excluding steroid dienone is 5. The van der Waals surface area contributed by atoms with E-state index >= 15 is 0 Å². The van der Waals surface area contributed by atoms with Crippen LogP contribution in [0.5, 0.6) is 0 Å². The van der Waals surface area contributed by atoms with Crippen molar-refractivity contribution in [3.8, 4) is 0 Å². The molecule has 0 aromatic carbocycles. The third-order valence-corrected chi connectivity index (χ3v) is 8.99. The van der Waals surface area contributed by atoms with E-state index in [1.807, 2.05) is 24.3 Å². The van der Waals surface area contributed by atoms with Crippen molar-refractivity contribution in [1.82, 2.24) is 5.32 Å². The highest BCUT2D eigenvalue weighted by Gasteiger charge is 2.28. The van der Waals surface area contributed by atoms with Gasteiger partial charge in [0.15, 0.2) is 5.78 Å². The van der Waals surface area contributed by atoms with Gasteiger partial charge in [0.2, 0.25) is 5.91 Å². The average molecular weight is 634 g/mol. The first kappa shape index (κ1) is 41.2. The highest BCUT2D eigenvalue weighted by Crippen LogP contribution is 2.27. The van der Waals surface area contributed by atoms with E-state index in [0.29, 0.717) is 25.7 Å². The SMILES string of the molecule is CCCCCCCCCCCCCCC(O)C(O)[C@H](CO)NC(=O)CCC/C=C\C[C@H]1C=CC(=O)[C@@H]1/C=C/[C@@H](O)CCCCC. The number of unbranched alkanes of at least 4 members (excludes halogenated alkanes) is 14. The van der Waals surface area contributed by atoms with Gasteiger partial charge in [-0.05, 0) is 44.1 Å². The molecule has 0 aliphatic heterocycles. The number of carbonyl (C=O) groups is 2. The molecule has 0 saturated carbocycles. The van der Waals surface area contributed by atoms with Crippen LogP contribution < -0.4 is 5.32 Å². The highest BCUT2D eigenvalue weighted by atomic mass is 16.3. The first-order chi connectivity index (χ1) is 21.8. The van der Waals surface area contributed by atoms with Gasteiger partial charge in [-0.2, -0.15) is 0 Å². The van der Waals surface area contributed by atoms with Crippen LogP contribution in [0.4, 0.5) is 0 Å². The molecule has 0 aromatic heterocycles. The molecule has 1 rings (SSSR count). The zero-order valence-electron chi connectivity index (χ0n) is 28.6. The number of nitrogens with one attached hydrogen (secondary N) is 1. The lowest BCUT2D eigenvalue weighted by atomic mass is 9.90. The van der Waals surface area contributed by atoms with Crippen molar-refractivity contribution < 1.29 is 30.0 Å². The Kier molecular flexibility index (Phi) is 25.0. The molecule has 2 unspecified atom stereocenters. The molecule has 1 aliphatic rings. The second kappa shape index (κ2) is 27.3. The fourth-order valence-corrected chi connectivity index (χ4v) is 5.97. The number of carbonyl (C=O) groups excluding carboxylic acids is 2. The zero-order chi connectivity index (χ0) is 33.1. The molecule has 45 heavy (non-hydrogen) atoms. The second-order valence-electron chi connectivity index (χ2n) is 13.1. The molecule has 1 amide bonds. The lowest BCUT2D eigenvalue weighted by Crippen LogP contribution is -2.50. The Hall–Kier alpha value is -1.80. The van der Waals surface area contributed by atoms with Gasteiger partial charge in [0.1, 0.15) is 6.10 Å². The molecule has 0 radical (unpaired) electrons. The summed E-state index contributed by atoms with van der Waals surface area (Å²) in [6, 6.07) is -0.887. The fraction of sp³-hybridized carbons (Fsp3) is 0.789. The van der Waals surface area contributed by atoms with E-state index in [-0.39, 0.29) is 29.9 Å². The fourth-order valence-electron chi connectivity index (χ4n) is 5.97. The third kappa shape index (κ3) is 20.1. The van der Waals surface area contributed by atoms with E-state index in [1.165, 1.54) is 57.8 Å². The van der Waals surface area contributed by atoms with E-state index in [2.05, 4.69) is 19.2 Å². The lowest BCUT2D eigenvalue weighted by Gasteiger charge is -2.26. The monoisotopic (exact) mass is 633 g/mol. The predicted octanol–water partition coefficient (Wildman–Crippen LogP) is 7.26. The molecule has 7 heteroatoms. The van der Waals surface area contributed by atoms with Crippen LogP contribution in [0.15, 0.2) is 36.5 Å². The average Bonchev–Trinajstić information content (AvgIpc) is 3.39. The van der Waals surface area contributed by atoms with Gasteiger partial charge in [0.25, 0.3) is 0 Å². The lowest BCUT2D eigenvalue weighted by molar-refractivity contribution is -0.124. The van der Waals surface area contributed by atoms with Gasteiger partial charge in [0.05, 0.1) is 24.9 Å². The third-order valence-electron chi connectivity index (χ3n) is 8.99. The van der Waals surface area contributed by atoms with Crippen LogP contribution >= 0.6 is 0 Å². The van der Waals surface area contributed by atoms with E-state index in [0.717, 1.165) is 44.9 Å². The first-order valence-corrected chi connectivity index (χ1v) is 18.3. The van der Waals surface area contributed by atoms with Crippen LogP contribution in [-0.4, -0.2) is 63.1 Å². The number of hydrogen-bond acceptors (Lipinski definition) is 6. The zero-order valence-corrected chi connectivity index (χ0v) is 28.6. The van der Waals surface area contributed by atoms with Gasteiger partial charge >= 0.3 is 0 Å². The number of hydrogen-bond donors (Lipinski definition) is 5. The Morgan fingerprint density at radius 1 is 0.822 bits per heavy atom. The van der Waals surface area contributed by atoms with Gasteiger partial charge in [-0.3, -0.25) is 9.59 Å². The molecule has 7 nitrogen and oxygen atoms in total. The highest BCUT2D eigenvalue weighted by molar-refractivity contribution is 5.95. The number of amides is 1. The van der Waals surface area contributed by atoms with E-state index in [4.69, 9.17) is 0 Å². The maximum absolute atomic E-state index is 12.4. The van der Waals surface area contributed by atoms with Crippen LogP contribution in [0.25, 0.3) is 0 Å². The first-order valence-electron chi connectivity index (χ1n) is 18.3. The van der Waals surface area contributed by atoms with Crippen molar-refractivity contribution in [3.05, 3.63) is 36.5 Å². The maximum atomic E-state index is 12.4. The van der Waals surface area contributed by atoms with Gasteiger partial charge in [0, 0.05) is 12.3 Å². The second-order valence-corrected chi connectivity index (χ2v) is 13.1. The number of ketones is 1. The van der Waals surface area contributed by atoms with Crippen LogP contribution in [0.2, 0.25) is 0 Å². The minimum Gasteiger partial charge on any atom is -0.394 e. The molecule has 0 fully saturated rings. The standard InChI is InChI=1S/C38H67NO6/c1-3-5-7-8-9-10-11-12-13-14-15-20-24-36(43)38(45)34(30-40)39-37(44)25-21-17-16-19-22-31-26-29-35(42)33(31)28-27-32(41)23-18-6-4-2/h16,19,26-29,31-34,36,38,40-41,43,45H,3-15,17-18,20-25,30H2,1-2H3,(H,39,44)/b19-16-,28-27+/t31-,32-,33+,34-,36?,38?/m0/s1. The Bertz CT molecular complexity index is 840. The Balaban J connectivity index is 2.21. The molecule has 0 bridgehead atoms. The van der Waals surface area contributed by atoms with E-state index in [9.17, 15) is 30.0 Å². The summed E-state index contributed by atoms with van der Waals surface area (Å²) in [5.41, 5.74) is 0. The van der Waals surface area contributed by atoms with Crippen LogP contribution in [0.3, 0.4) is 0 Å². The molecule has 0 saturated heterocycles. The molecule has 260 valence electrons. The molecule has 0 heterocycles. The summed E-state index contributed by atoms with van der Waals surface area (Å²) in [4.78, 5) is 24.7. The van der Waals surface area contributed by atoms with Crippen LogP contribution in [0.1, 0.15) is 149 Å². The minimum absolute atomic E-state index is 0.0712. The summed E-state index contributed by atoms with van der Waals surface area (Å²) in [7, 11) is 0. The summed E-state index contributed by atoms with van der Waals surface area (Å²) in [6.45, 7) is 3.94. The van der Waals surface area contributed by atoms with Crippen molar-refractivity contribution in [2.75, 3.05) is 6.61 Å². The molecular formula is C38H67NO6. The van der Waals surface area contributed by atoms with Gasteiger partial charge in [-0.15, -0.1) is 0 Å². The summed E-state index contributed by atoms with van der Waals surface area (Å²) in [5.74, 6) is -0.351. The van der Waals surface area contributed by atoms with Crippen molar-refractivity contribution >= 4 is 11.7 Å². The van der Waals surface area contributed by atoms with Gasteiger partial charge < -0.3 is 25.7 Å². The summed E-state index contributed by atoms with van der Waals surface area (Å²) >= 11 is 0. The molecule has 1 aliphatic carbocycles. The minimum atomic E-state index is -1.20. The van der Waals surface area contributed by atoms with Crippen molar-refractivity contribution in [3.63, 3.8) is 0 Å². The number of rotatable bonds is 29. The topological polar surface area (TPSA) is 127 Å². The maximum Gasteiger partial charge on any atom is 0.220 e. The summed E-state index contributed by atoms with van der Waals surface area (Å²) in [5, 5.41) is 43.5. The molecule has 0 spiro atoms. The van der Waals surface area contributed by atoms with Crippen LogP contribution in [0, 0.1) is 11.8 Å². The van der Waals surface area contributed by atoms with Crippen molar-refractivity contribution in [2.24, 2.45) is 11.8 Å². The molecule has 5 N–H and O–H groups in total. The molecule has 6 atom stereocenters. The quantitative estimate of drug-likeness (QED) is 0.0436. The smallest absolute Gasteiger partial charge is 0.220 e. The molecular weight excluding hydrogens is 566 g/mol. The number of aliphatic hydroxyl groups is 4. The molecule has 0 aromatic rings. The Morgan fingerprint density at radius 2 is 1.40 bits per heavy atom. The van der Waals surface area contributed by atoms with E-state index in [1.54, 1.807) is 12.2 Å². The van der Waals surface area contributed by atoms with Crippen molar-refractivity contribution in [1.29, 1.82) is 0 Å². The Labute approximate surface area is 274 Å². The normalized spacial score (nSPS) is 19.5. The Morgan fingerprint density at radius 3 is 2.02 bits per heavy atom.